The van der Waals surface area contributed by atoms with Crippen LogP contribution in [-0.4, -0.2) is 45.0 Å². The highest BCUT2D eigenvalue weighted by molar-refractivity contribution is 7.89. The summed E-state index contributed by atoms with van der Waals surface area (Å²) in [5.41, 5.74) is 1.09. The largest absolute Gasteiger partial charge is 0.490 e. The summed E-state index contributed by atoms with van der Waals surface area (Å²) in [4.78, 5) is 12.4. The maximum atomic E-state index is 12.7. The zero-order valence-electron chi connectivity index (χ0n) is 15.6. The first-order chi connectivity index (χ1) is 13.4. The van der Waals surface area contributed by atoms with Crippen molar-refractivity contribution in [3.63, 3.8) is 0 Å². The molecule has 2 aromatic rings. The summed E-state index contributed by atoms with van der Waals surface area (Å²) in [5.74, 6) is 0.00380. The molecule has 0 aromatic heterocycles. The van der Waals surface area contributed by atoms with Gasteiger partial charge < -0.3 is 9.47 Å². The van der Waals surface area contributed by atoms with Crippen molar-refractivity contribution in [3.8, 4) is 5.75 Å². The molecule has 1 heterocycles. The summed E-state index contributed by atoms with van der Waals surface area (Å²) >= 11 is 6.09. The number of benzene rings is 2. The first-order valence-corrected chi connectivity index (χ1v) is 10.9. The maximum absolute atomic E-state index is 12.7. The molecule has 150 valence electrons. The first-order valence-electron chi connectivity index (χ1n) is 9.04. The third-order valence-corrected chi connectivity index (χ3v) is 6.66. The zero-order valence-corrected chi connectivity index (χ0v) is 17.1. The van der Waals surface area contributed by atoms with Gasteiger partial charge in [-0.3, -0.25) is 0 Å². The highest BCUT2D eigenvalue weighted by atomic mass is 35.5. The van der Waals surface area contributed by atoms with E-state index in [0.29, 0.717) is 18.8 Å². The predicted molar refractivity (Wildman–Crippen MR) is 106 cm³/mol. The van der Waals surface area contributed by atoms with Gasteiger partial charge in [-0.2, -0.15) is 4.31 Å². The van der Waals surface area contributed by atoms with Crippen molar-refractivity contribution in [3.05, 3.63) is 58.6 Å². The van der Waals surface area contributed by atoms with Gasteiger partial charge in [0.1, 0.15) is 19.0 Å². The summed E-state index contributed by atoms with van der Waals surface area (Å²) in [7, 11) is -3.63. The van der Waals surface area contributed by atoms with Crippen LogP contribution in [0.2, 0.25) is 5.02 Å². The fourth-order valence-electron chi connectivity index (χ4n) is 2.98. The van der Waals surface area contributed by atoms with Crippen molar-refractivity contribution in [1.29, 1.82) is 0 Å². The van der Waals surface area contributed by atoms with Gasteiger partial charge in [0.05, 0.1) is 15.5 Å². The molecule has 0 amide bonds. The fraction of sp³-hybridized carbons (Fsp3) is 0.350. The van der Waals surface area contributed by atoms with Gasteiger partial charge in [-0.1, -0.05) is 23.7 Å². The topological polar surface area (TPSA) is 72.9 Å². The molecule has 1 aliphatic rings. The zero-order chi connectivity index (χ0) is 20.1. The van der Waals surface area contributed by atoms with Gasteiger partial charge in [-0.25, -0.2) is 13.2 Å². The van der Waals surface area contributed by atoms with Crippen molar-refractivity contribution in [2.45, 2.75) is 24.7 Å². The molecular weight excluding hydrogens is 402 g/mol. The Morgan fingerprint density at radius 2 is 1.86 bits per heavy atom. The van der Waals surface area contributed by atoms with Crippen molar-refractivity contribution in [2.75, 3.05) is 26.3 Å². The smallest absolute Gasteiger partial charge is 0.339 e. The van der Waals surface area contributed by atoms with Crippen molar-refractivity contribution < 1.29 is 22.7 Å². The molecule has 28 heavy (non-hydrogen) atoms. The van der Waals surface area contributed by atoms with Crippen LogP contribution >= 0.6 is 11.6 Å². The van der Waals surface area contributed by atoms with E-state index >= 15 is 0 Å². The number of hydrogen-bond acceptors (Lipinski definition) is 5. The number of carbonyl (C=O) groups excluding carboxylic acids is 1. The number of hydrogen-bond donors (Lipinski definition) is 0. The van der Waals surface area contributed by atoms with Gasteiger partial charge in [-0.05, 0) is 55.7 Å². The van der Waals surface area contributed by atoms with Gasteiger partial charge >= 0.3 is 5.97 Å². The molecule has 0 atom stereocenters. The van der Waals surface area contributed by atoms with Gasteiger partial charge in [0, 0.05) is 13.1 Å². The average Bonchev–Trinajstić information content (AvgIpc) is 3.21. The molecule has 0 aliphatic carbocycles. The third kappa shape index (κ3) is 4.84. The van der Waals surface area contributed by atoms with Crippen LogP contribution in [0, 0.1) is 6.92 Å². The van der Waals surface area contributed by atoms with Crippen LogP contribution in [0.15, 0.2) is 47.4 Å². The predicted octanol–water partition coefficient (Wildman–Crippen LogP) is 3.67. The van der Waals surface area contributed by atoms with Gasteiger partial charge in [0.25, 0.3) is 0 Å². The molecule has 0 saturated carbocycles. The van der Waals surface area contributed by atoms with Crippen molar-refractivity contribution >= 4 is 27.6 Å². The lowest BCUT2D eigenvalue weighted by Gasteiger charge is -2.16. The molecule has 2 aromatic carbocycles. The third-order valence-electron chi connectivity index (χ3n) is 4.44. The molecule has 3 rings (SSSR count). The number of sulfonamides is 1. The van der Waals surface area contributed by atoms with E-state index in [4.69, 9.17) is 21.1 Å². The van der Waals surface area contributed by atoms with E-state index in [-0.39, 0.29) is 28.7 Å². The van der Waals surface area contributed by atoms with E-state index < -0.39 is 16.0 Å². The van der Waals surface area contributed by atoms with Crippen molar-refractivity contribution in [2.24, 2.45) is 0 Å². The molecule has 8 heteroatoms. The Hall–Kier alpha value is -2.09. The van der Waals surface area contributed by atoms with Crippen LogP contribution in [0.3, 0.4) is 0 Å². The Morgan fingerprint density at radius 3 is 2.57 bits per heavy atom. The molecule has 1 saturated heterocycles. The minimum Gasteiger partial charge on any atom is -0.490 e. The Morgan fingerprint density at radius 1 is 1.11 bits per heavy atom. The second-order valence-electron chi connectivity index (χ2n) is 6.55. The second-order valence-corrected chi connectivity index (χ2v) is 8.90. The van der Waals surface area contributed by atoms with E-state index in [1.165, 1.54) is 22.5 Å². The van der Waals surface area contributed by atoms with Gasteiger partial charge in [0.2, 0.25) is 10.0 Å². The molecule has 0 spiro atoms. The minimum absolute atomic E-state index is 0.0200. The monoisotopic (exact) mass is 423 g/mol. The van der Waals surface area contributed by atoms with Crippen LogP contribution in [0.1, 0.15) is 28.8 Å². The standard InChI is InChI=1S/C20H22ClNO5S/c1-15-5-4-6-16(13-15)26-11-12-27-20(23)18-14-17(7-8-19(18)21)28(24,25)22-9-2-3-10-22/h4-8,13-14H,2-3,9-12H2,1H3. The lowest BCUT2D eigenvalue weighted by Crippen LogP contribution is -2.28. The summed E-state index contributed by atoms with van der Waals surface area (Å²) in [6, 6.07) is 11.6. The molecule has 6 nitrogen and oxygen atoms in total. The fourth-order valence-corrected chi connectivity index (χ4v) is 4.71. The van der Waals surface area contributed by atoms with Crippen LogP contribution in [0.5, 0.6) is 5.75 Å². The summed E-state index contributed by atoms with van der Waals surface area (Å²) in [5, 5.41) is 0.143. The van der Waals surface area contributed by atoms with Crippen molar-refractivity contribution in [1.82, 2.24) is 4.31 Å². The van der Waals surface area contributed by atoms with Crippen LogP contribution in [0.4, 0.5) is 0 Å². The van der Waals surface area contributed by atoms with E-state index in [1.54, 1.807) is 0 Å². The van der Waals surface area contributed by atoms with Gasteiger partial charge in [0.15, 0.2) is 0 Å². The molecule has 0 N–H and O–H groups in total. The van der Waals surface area contributed by atoms with E-state index in [9.17, 15) is 13.2 Å². The van der Waals surface area contributed by atoms with Crippen LogP contribution in [0.25, 0.3) is 0 Å². The maximum Gasteiger partial charge on any atom is 0.339 e. The Balaban J connectivity index is 1.63. The number of nitrogens with zero attached hydrogens (tertiary/aromatic N) is 1. The molecular formula is C20H22ClNO5S. The van der Waals surface area contributed by atoms with E-state index in [1.807, 2.05) is 31.2 Å². The number of aryl methyl sites for hydroxylation is 1. The lowest BCUT2D eigenvalue weighted by molar-refractivity contribution is 0.0450. The molecule has 0 radical (unpaired) electrons. The number of ether oxygens (including phenoxy) is 2. The molecule has 0 unspecified atom stereocenters. The normalized spacial score (nSPS) is 14.8. The Bertz CT molecular complexity index is 955. The Labute approximate surface area is 170 Å². The van der Waals surface area contributed by atoms with Crippen LogP contribution in [-0.2, 0) is 14.8 Å². The second kappa shape index (κ2) is 8.94. The highest BCUT2D eigenvalue weighted by Gasteiger charge is 2.28. The number of carbonyl (C=O) groups is 1. The number of esters is 1. The number of halogens is 1. The Kier molecular flexibility index (Phi) is 6.59. The minimum atomic E-state index is -3.63. The molecule has 0 bridgehead atoms. The number of rotatable bonds is 7. The average molecular weight is 424 g/mol. The molecule has 1 fully saturated rings. The lowest BCUT2D eigenvalue weighted by atomic mass is 10.2. The highest BCUT2D eigenvalue weighted by Crippen LogP contribution is 2.25. The van der Waals surface area contributed by atoms with E-state index in [0.717, 1.165) is 18.4 Å². The molecule has 1 aliphatic heterocycles. The summed E-state index contributed by atoms with van der Waals surface area (Å²) in [6.45, 7) is 3.13. The van der Waals surface area contributed by atoms with Crippen LogP contribution < -0.4 is 4.74 Å². The first kappa shape index (κ1) is 20.6. The SMILES string of the molecule is Cc1cccc(OCCOC(=O)c2cc(S(=O)(=O)N3CCCC3)ccc2Cl)c1. The summed E-state index contributed by atoms with van der Waals surface area (Å²) in [6.07, 6.45) is 1.67. The quantitative estimate of drug-likeness (QED) is 0.502. The van der Waals surface area contributed by atoms with E-state index in [2.05, 4.69) is 0 Å². The van der Waals surface area contributed by atoms with Gasteiger partial charge in [-0.15, -0.1) is 0 Å². The summed E-state index contributed by atoms with van der Waals surface area (Å²) < 4.78 is 37.5.